The lowest BCUT2D eigenvalue weighted by molar-refractivity contribution is -0.129. The van der Waals surface area contributed by atoms with E-state index in [1.807, 2.05) is 60.9 Å². The van der Waals surface area contributed by atoms with Crippen molar-refractivity contribution in [2.75, 3.05) is 6.26 Å². The zero-order valence-electron chi connectivity index (χ0n) is 15.1. The lowest BCUT2D eigenvalue weighted by Crippen LogP contribution is -2.70. The van der Waals surface area contributed by atoms with E-state index < -0.39 is 5.54 Å². The zero-order valence-corrected chi connectivity index (χ0v) is 15.9. The Morgan fingerprint density at radius 1 is 0.778 bits per heavy atom. The van der Waals surface area contributed by atoms with E-state index in [4.69, 9.17) is 0 Å². The van der Waals surface area contributed by atoms with E-state index in [1.54, 1.807) is 11.8 Å². The molecule has 0 radical (unpaired) electrons. The summed E-state index contributed by atoms with van der Waals surface area (Å²) in [4.78, 5) is 12.4. The molecule has 3 aromatic rings. The topological polar surface area (TPSA) is 41.1 Å². The van der Waals surface area contributed by atoms with Crippen LogP contribution in [0.4, 0.5) is 0 Å². The summed E-state index contributed by atoms with van der Waals surface area (Å²) >= 11 is 1.66. The molecule has 0 unspecified atom stereocenters. The van der Waals surface area contributed by atoms with Gasteiger partial charge in [-0.15, -0.1) is 11.8 Å². The Morgan fingerprint density at radius 2 is 1.19 bits per heavy atom. The predicted octanol–water partition coefficient (Wildman–Crippen LogP) is 3.76. The van der Waals surface area contributed by atoms with Crippen LogP contribution in [0.5, 0.6) is 0 Å². The van der Waals surface area contributed by atoms with E-state index >= 15 is 0 Å². The molecule has 0 spiro atoms. The van der Waals surface area contributed by atoms with Crippen LogP contribution in [0.2, 0.25) is 0 Å². The first-order valence-corrected chi connectivity index (χ1v) is 10.3. The average molecular weight is 375 g/mol. The minimum absolute atomic E-state index is 0.0431. The normalized spacial score (nSPS) is 19.2. The van der Waals surface area contributed by atoms with Gasteiger partial charge in [0.2, 0.25) is 5.91 Å². The quantitative estimate of drug-likeness (QED) is 0.510. The Hall–Kier alpha value is -2.56. The Labute approximate surface area is 164 Å². The molecule has 27 heavy (non-hydrogen) atoms. The average Bonchev–Trinajstić information content (AvgIpc) is 2.74. The molecule has 0 aliphatic carbocycles. The van der Waals surface area contributed by atoms with Crippen LogP contribution < -0.4 is 10.6 Å². The maximum atomic E-state index is 12.4. The van der Waals surface area contributed by atoms with Gasteiger partial charge in [-0.2, -0.15) is 0 Å². The second kappa shape index (κ2) is 7.59. The first kappa shape index (κ1) is 17.8. The van der Waals surface area contributed by atoms with Gasteiger partial charge in [-0.25, -0.2) is 0 Å². The van der Waals surface area contributed by atoms with Crippen LogP contribution in [-0.4, -0.2) is 23.6 Å². The lowest BCUT2D eigenvalue weighted by atomic mass is 9.76. The van der Waals surface area contributed by atoms with E-state index in [0.29, 0.717) is 0 Å². The van der Waals surface area contributed by atoms with Crippen molar-refractivity contribution in [2.24, 2.45) is 0 Å². The molecule has 4 rings (SSSR count). The number of rotatable bonds is 6. The van der Waals surface area contributed by atoms with E-state index in [1.165, 1.54) is 0 Å². The number of carbonyl (C=O) groups is 1. The number of β-lactam (4-membered cyclic amide) rings is 1. The van der Waals surface area contributed by atoms with Gasteiger partial charge in [0, 0.05) is 0 Å². The molecule has 3 nitrogen and oxygen atoms in total. The maximum absolute atomic E-state index is 12.4. The predicted molar refractivity (Wildman–Crippen MR) is 112 cm³/mol. The first-order valence-electron chi connectivity index (χ1n) is 9.03. The highest BCUT2D eigenvalue weighted by Crippen LogP contribution is 2.38. The van der Waals surface area contributed by atoms with Crippen LogP contribution >= 0.6 is 11.8 Å². The van der Waals surface area contributed by atoms with Crippen LogP contribution in [0.1, 0.15) is 16.7 Å². The third-order valence-electron chi connectivity index (χ3n) is 5.12. The van der Waals surface area contributed by atoms with Gasteiger partial charge in [-0.3, -0.25) is 10.1 Å². The molecule has 1 amide bonds. The molecule has 4 heteroatoms. The number of nitrogens with one attached hydrogen (secondary N) is 2. The standard InChI is InChI=1S/C23H22N2OS/c1-27-22-20(21(26)24-22)25-23(17-11-5-2-6-12-17,18-13-7-3-8-14-18)19-15-9-4-10-16-19/h2-16,20,22,25H,1H3,(H,24,26)/t20-,22+/m1/s1. The van der Waals surface area contributed by atoms with Gasteiger partial charge in [0.1, 0.15) is 6.04 Å². The van der Waals surface area contributed by atoms with Gasteiger partial charge < -0.3 is 5.32 Å². The van der Waals surface area contributed by atoms with E-state index in [2.05, 4.69) is 47.0 Å². The molecular formula is C23H22N2OS. The van der Waals surface area contributed by atoms with E-state index in [-0.39, 0.29) is 17.3 Å². The SMILES string of the molecule is CS[C@@H]1NC(=O)[C@H]1NC(c1ccccc1)(c1ccccc1)c1ccccc1. The first-order chi connectivity index (χ1) is 13.3. The van der Waals surface area contributed by atoms with E-state index in [9.17, 15) is 4.79 Å². The number of hydrogen-bond donors (Lipinski definition) is 2. The van der Waals surface area contributed by atoms with Crippen molar-refractivity contribution in [2.45, 2.75) is 17.0 Å². The molecule has 1 fully saturated rings. The van der Waals surface area contributed by atoms with Crippen LogP contribution in [-0.2, 0) is 10.3 Å². The second-order valence-corrected chi connectivity index (χ2v) is 7.61. The van der Waals surface area contributed by atoms with Crippen molar-refractivity contribution in [1.82, 2.24) is 10.6 Å². The third kappa shape index (κ3) is 3.15. The molecule has 0 saturated carbocycles. The van der Waals surface area contributed by atoms with Crippen LogP contribution in [0, 0.1) is 0 Å². The largest absolute Gasteiger partial charge is 0.341 e. The molecule has 3 aromatic carbocycles. The molecule has 0 bridgehead atoms. The Balaban J connectivity index is 1.93. The molecule has 1 aliphatic rings. The monoisotopic (exact) mass is 374 g/mol. The minimum Gasteiger partial charge on any atom is -0.341 e. The smallest absolute Gasteiger partial charge is 0.241 e. The summed E-state index contributed by atoms with van der Waals surface area (Å²) in [6, 6.07) is 30.8. The van der Waals surface area contributed by atoms with Crippen LogP contribution in [0.15, 0.2) is 91.0 Å². The van der Waals surface area contributed by atoms with Crippen molar-refractivity contribution < 1.29 is 4.79 Å². The highest BCUT2D eigenvalue weighted by Gasteiger charge is 2.46. The number of benzene rings is 3. The molecule has 1 heterocycles. The summed E-state index contributed by atoms with van der Waals surface area (Å²) in [7, 11) is 0. The molecule has 1 aliphatic heterocycles. The fraction of sp³-hybridized carbons (Fsp3) is 0.174. The number of thioether (sulfide) groups is 1. The molecular weight excluding hydrogens is 352 g/mol. The molecule has 2 N–H and O–H groups in total. The molecule has 1 saturated heterocycles. The molecule has 136 valence electrons. The fourth-order valence-corrected chi connectivity index (χ4v) is 4.44. The van der Waals surface area contributed by atoms with Crippen molar-refractivity contribution in [3.05, 3.63) is 108 Å². The Kier molecular flexibility index (Phi) is 5.01. The van der Waals surface area contributed by atoms with Crippen LogP contribution in [0.25, 0.3) is 0 Å². The van der Waals surface area contributed by atoms with Gasteiger partial charge >= 0.3 is 0 Å². The van der Waals surface area contributed by atoms with E-state index in [0.717, 1.165) is 16.7 Å². The fourth-order valence-electron chi connectivity index (χ4n) is 3.74. The maximum Gasteiger partial charge on any atom is 0.241 e. The number of hydrogen-bond acceptors (Lipinski definition) is 3. The van der Waals surface area contributed by atoms with Crippen molar-refractivity contribution >= 4 is 17.7 Å². The molecule has 2 atom stereocenters. The third-order valence-corrected chi connectivity index (χ3v) is 6.01. The van der Waals surface area contributed by atoms with Gasteiger partial charge in [0.05, 0.1) is 10.9 Å². The molecule has 0 aromatic heterocycles. The summed E-state index contributed by atoms with van der Waals surface area (Å²) in [5, 5.41) is 6.78. The highest BCUT2D eigenvalue weighted by atomic mass is 32.2. The summed E-state index contributed by atoms with van der Waals surface area (Å²) in [5.41, 5.74) is 2.73. The Morgan fingerprint density at radius 3 is 1.52 bits per heavy atom. The second-order valence-electron chi connectivity index (χ2n) is 6.63. The van der Waals surface area contributed by atoms with Crippen LogP contribution in [0.3, 0.4) is 0 Å². The van der Waals surface area contributed by atoms with Gasteiger partial charge in [0.25, 0.3) is 0 Å². The van der Waals surface area contributed by atoms with Gasteiger partial charge in [-0.1, -0.05) is 91.0 Å². The summed E-state index contributed by atoms with van der Waals surface area (Å²) in [6.45, 7) is 0. The number of carbonyl (C=O) groups excluding carboxylic acids is 1. The lowest BCUT2D eigenvalue weighted by Gasteiger charge is -2.45. The van der Waals surface area contributed by atoms with Crippen molar-refractivity contribution in [3.8, 4) is 0 Å². The number of amides is 1. The van der Waals surface area contributed by atoms with Gasteiger partial charge in [0.15, 0.2) is 0 Å². The Bertz CT molecular complexity index is 803. The summed E-state index contributed by atoms with van der Waals surface area (Å²) < 4.78 is 0. The zero-order chi connectivity index (χ0) is 18.7. The summed E-state index contributed by atoms with van der Waals surface area (Å²) in [5.74, 6) is 0.0431. The van der Waals surface area contributed by atoms with Crippen molar-refractivity contribution in [3.63, 3.8) is 0 Å². The van der Waals surface area contributed by atoms with Gasteiger partial charge in [-0.05, 0) is 22.9 Å². The minimum atomic E-state index is -0.611. The highest BCUT2D eigenvalue weighted by molar-refractivity contribution is 7.99. The summed E-state index contributed by atoms with van der Waals surface area (Å²) in [6.07, 6.45) is 2.02. The van der Waals surface area contributed by atoms with Crippen molar-refractivity contribution in [1.29, 1.82) is 0 Å².